The first-order valence-electron chi connectivity index (χ1n) is 9.11. The standard InChI is InChI=1S/C20H21N3O6/c24-18(22-10-8-20(27,9-11-22)19(25)26)15-6-7-16(17(12-15)23(28)29)21-13-14-4-2-1-3-5-14/h1-7,12,21,27H,8-11,13H2,(H,25,26). The molecule has 1 saturated heterocycles. The molecule has 0 aliphatic carbocycles. The highest BCUT2D eigenvalue weighted by Gasteiger charge is 2.40. The van der Waals surface area contributed by atoms with Gasteiger partial charge in [-0.25, -0.2) is 4.79 Å². The maximum Gasteiger partial charge on any atom is 0.335 e. The highest BCUT2D eigenvalue weighted by Crippen LogP contribution is 2.28. The van der Waals surface area contributed by atoms with Crippen molar-refractivity contribution in [3.8, 4) is 0 Å². The van der Waals surface area contributed by atoms with E-state index in [1.54, 1.807) is 0 Å². The second kappa shape index (κ2) is 8.27. The number of aliphatic carboxylic acids is 1. The van der Waals surface area contributed by atoms with E-state index in [9.17, 15) is 24.8 Å². The van der Waals surface area contributed by atoms with Gasteiger partial charge in [-0.1, -0.05) is 30.3 Å². The summed E-state index contributed by atoms with van der Waals surface area (Å²) in [6.45, 7) is 0.516. The molecule has 152 valence electrons. The topological polar surface area (TPSA) is 133 Å². The number of hydrogen-bond donors (Lipinski definition) is 3. The lowest BCUT2D eigenvalue weighted by atomic mass is 9.91. The molecule has 0 radical (unpaired) electrons. The number of hydrogen-bond acceptors (Lipinski definition) is 6. The Kier molecular flexibility index (Phi) is 5.79. The van der Waals surface area contributed by atoms with Gasteiger partial charge in [0, 0.05) is 44.1 Å². The molecular weight excluding hydrogens is 378 g/mol. The number of nitro benzene ring substituents is 1. The van der Waals surface area contributed by atoms with Crippen molar-refractivity contribution in [2.75, 3.05) is 18.4 Å². The molecule has 9 nitrogen and oxygen atoms in total. The highest BCUT2D eigenvalue weighted by atomic mass is 16.6. The number of carbonyl (C=O) groups is 2. The van der Waals surface area contributed by atoms with Crippen LogP contribution in [0.25, 0.3) is 0 Å². The molecule has 0 aromatic heterocycles. The summed E-state index contributed by atoms with van der Waals surface area (Å²) in [5.74, 6) is -1.75. The van der Waals surface area contributed by atoms with Crippen LogP contribution in [0.15, 0.2) is 48.5 Å². The quantitative estimate of drug-likeness (QED) is 0.501. The first-order chi connectivity index (χ1) is 13.8. The molecule has 2 aromatic carbocycles. The van der Waals surface area contributed by atoms with Crippen molar-refractivity contribution in [1.82, 2.24) is 4.90 Å². The molecule has 1 aliphatic rings. The van der Waals surface area contributed by atoms with E-state index in [2.05, 4.69) is 5.32 Å². The van der Waals surface area contributed by atoms with Crippen LogP contribution in [0.3, 0.4) is 0 Å². The molecule has 0 unspecified atom stereocenters. The fourth-order valence-electron chi connectivity index (χ4n) is 3.23. The number of likely N-dealkylation sites (tertiary alicyclic amines) is 1. The number of carboxylic acid groups (broad SMARTS) is 1. The van der Waals surface area contributed by atoms with Crippen molar-refractivity contribution in [2.45, 2.75) is 25.0 Å². The summed E-state index contributed by atoms with van der Waals surface area (Å²) in [4.78, 5) is 36.1. The number of carbonyl (C=O) groups excluding carboxylic acids is 1. The Morgan fingerprint density at radius 1 is 1.14 bits per heavy atom. The number of nitrogens with zero attached hydrogens (tertiary/aromatic N) is 2. The summed E-state index contributed by atoms with van der Waals surface area (Å²) in [6.07, 6.45) is -0.181. The maximum atomic E-state index is 12.7. The molecule has 3 N–H and O–H groups in total. The largest absolute Gasteiger partial charge is 0.479 e. The summed E-state index contributed by atoms with van der Waals surface area (Å²) in [7, 11) is 0. The minimum Gasteiger partial charge on any atom is -0.479 e. The minimum absolute atomic E-state index is 0.0590. The lowest BCUT2D eigenvalue weighted by Gasteiger charge is -2.35. The van der Waals surface area contributed by atoms with E-state index in [1.807, 2.05) is 30.3 Å². The molecule has 1 fully saturated rings. The molecule has 0 atom stereocenters. The van der Waals surface area contributed by atoms with Crippen LogP contribution in [0.2, 0.25) is 0 Å². The van der Waals surface area contributed by atoms with E-state index in [0.717, 1.165) is 5.56 Å². The van der Waals surface area contributed by atoms with Crippen molar-refractivity contribution in [2.24, 2.45) is 0 Å². The van der Waals surface area contributed by atoms with Gasteiger partial charge in [0.2, 0.25) is 0 Å². The summed E-state index contributed by atoms with van der Waals surface area (Å²) in [6, 6.07) is 13.6. The van der Waals surface area contributed by atoms with E-state index < -0.39 is 22.4 Å². The molecule has 1 amide bonds. The fourth-order valence-corrected chi connectivity index (χ4v) is 3.23. The number of rotatable bonds is 6. The third-order valence-electron chi connectivity index (χ3n) is 5.04. The van der Waals surface area contributed by atoms with Crippen molar-refractivity contribution in [3.05, 3.63) is 69.8 Å². The van der Waals surface area contributed by atoms with Crippen molar-refractivity contribution in [1.29, 1.82) is 0 Å². The molecule has 3 rings (SSSR count). The zero-order valence-electron chi connectivity index (χ0n) is 15.6. The van der Waals surface area contributed by atoms with Gasteiger partial charge in [-0.05, 0) is 17.7 Å². The monoisotopic (exact) mass is 399 g/mol. The van der Waals surface area contributed by atoms with Gasteiger partial charge < -0.3 is 20.4 Å². The summed E-state index contributed by atoms with van der Waals surface area (Å²) >= 11 is 0. The van der Waals surface area contributed by atoms with Crippen molar-refractivity contribution in [3.63, 3.8) is 0 Å². The Morgan fingerprint density at radius 2 is 1.79 bits per heavy atom. The van der Waals surface area contributed by atoms with Gasteiger partial charge in [0.25, 0.3) is 11.6 Å². The fraction of sp³-hybridized carbons (Fsp3) is 0.300. The maximum absolute atomic E-state index is 12.7. The number of nitro groups is 1. The molecule has 0 spiro atoms. The first-order valence-corrected chi connectivity index (χ1v) is 9.11. The van der Waals surface area contributed by atoms with Crippen LogP contribution in [0.1, 0.15) is 28.8 Å². The number of benzene rings is 2. The van der Waals surface area contributed by atoms with Gasteiger partial charge in [-0.15, -0.1) is 0 Å². The number of carboxylic acids is 1. The molecule has 1 heterocycles. The van der Waals surface area contributed by atoms with E-state index in [4.69, 9.17) is 5.11 Å². The number of nitrogens with one attached hydrogen (secondary N) is 1. The average Bonchev–Trinajstić information content (AvgIpc) is 2.72. The van der Waals surface area contributed by atoms with Gasteiger partial charge in [0.05, 0.1) is 4.92 Å². The second-order valence-electron chi connectivity index (χ2n) is 6.96. The van der Waals surface area contributed by atoms with Crippen molar-refractivity contribution >= 4 is 23.3 Å². The second-order valence-corrected chi connectivity index (χ2v) is 6.96. The van der Waals surface area contributed by atoms with Crippen molar-refractivity contribution < 1.29 is 24.7 Å². The van der Waals surface area contributed by atoms with Gasteiger partial charge in [0.15, 0.2) is 5.60 Å². The Morgan fingerprint density at radius 3 is 2.38 bits per heavy atom. The molecular formula is C20H21N3O6. The van der Waals surface area contributed by atoms with Gasteiger partial charge in [-0.2, -0.15) is 0 Å². The molecule has 1 aliphatic heterocycles. The normalized spacial score (nSPS) is 15.6. The zero-order valence-corrected chi connectivity index (χ0v) is 15.6. The first kappa shape index (κ1) is 20.3. The van der Waals surface area contributed by atoms with E-state index in [0.29, 0.717) is 12.2 Å². The van der Waals surface area contributed by atoms with Crippen LogP contribution >= 0.6 is 0 Å². The van der Waals surface area contributed by atoms with E-state index in [1.165, 1.54) is 23.1 Å². The van der Waals surface area contributed by atoms with Gasteiger partial charge in [-0.3, -0.25) is 14.9 Å². The third kappa shape index (κ3) is 4.52. The van der Waals surface area contributed by atoms with Crippen LogP contribution in [0.5, 0.6) is 0 Å². The molecule has 0 bridgehead atoms. The minimum atomic E-state index is -1.84. The number of piperidine rings is 1. The van der Waals surface area contributed by atoms with Crippen LogP contribution < -0.4 is 5.32 Å². The smallest absolute Gasteiger partial charge is 0.335 e. The Hall–Kier alpha value is -3.46. The Labute approximate surface area is 166 Å². The van der Waals surface area contributed by atoms with Gasteiger partial charge >= 0.3 is 5.97 Å². The summed E-state index contributed by atoms with van der Waals surface area (Å²) < 4.78 is 0. The van der Waals surface area contributed by atoms with Gasteiger partial charge in [0.1, 0.15) is 5.69 Å². The van der Waals surface area contributed by atoms with E-state index in [-0.39, 0.29) is 37.2 Å². The zero-order chi connectivity index (χ0) is 21.0. The SMILES string of the molecule is O=C(c1ccc(NCc2ccccc2)c([N+](=O)[O-])c1)N1CCC(O)(C(=O)O)CC1. The van der Waals surface area contributed by atoms with Crippen LogP contribution in [-0.2, 0) is 11.3 Å². The van der Waals surface area contributed by atoms with E-state index >= 15 is 0 Å². The predicted octanol–water partition coefficient (Wildman–Crippen LogP) is 2.26. The molecule has 29 heavy (non-hydrogen) atoms. The van der Waals surface area contributed by atoms with Crippen LogP contribution in [-0.4, -0.2) is 50.6 Å². The Bertz CT molecular complexity index is 923. The number of amides is 1. The Balaban J connectivity index is 1.73. The molecule has 2 aromatic rings. The highest BCUT2D eigenvalue weighted by molar-refractivity contribution is 5.96. The molecule has 9 heteroatoms. The number of anilines is 1. The summed E-state index contributed by atoms with van der Waals surface area (Å²) in [5.41, 5.74) is -0.655. The molecule has 0 saturated carbocycles. The number of aliphatic hydroxyl groups is 1. The average molecular weight is 399 g/mol. The third-order valence-corrected chi connectivity index (χ3v) is 5.04. The lowest BCUT2D eigenvalue weighted by molar-refractivity contribution is -0.384. The summed E-state index contributed by atoms with van der Waals surface area (Å²) in [5, 5.41) is 33.6. The lowest BCUT2D eigenvalue weighted by Crippen LogP contribution is -2.50. The predicted molar refractivity (Wildman–Crippen MR) is 105 cm³/mol. The van der Waals surface area contributed by atoms with Crippen LogP contribution in [0.4, 0.5) is 11.4 Å². The van der Waals surface area contributed by atoms with Crippen LogP contribution in [0, 0.1) is 10.1 Å².